The summed E-state index contributed by atoms with van der Waals surface area (Å²) in [7, 11) is 0. The monoisotopic (exact) mass is 404 g/mol. The predicted octanol–water partition coefficient (Wildman–Crippen LogP) is 4.62. The second kappa shape index (κ2) is 7.98. The zero-order valence-electron chi connectivity index (χ0n) is 18.0. The van der Waals surface area contributed by atoms with Crippen LogP contribution in [0.1, 0.15) is 43.7 Å². The second-order valence-electron chi connectivity index (χ2n) is 8.21. The summed E-state index contributed by atoms with van der Waals surface area (Å²) in [6.45, 7) is 8.35. The molecule has 0 bridgehead atoms. The number of nitrogens with zero attached hydrogens (tertiary/aromatic N) is 2. The maximum absolute atomic E-state index is 10.9. The third kappa shape index (κ3) is 3.38. The van der Waals surface area contributed by atoms with Gasteiger partial charge in [-0.15, -0.1) is 0 Å². The van der Waals surface area contributed by atoms with Crippen molar-refractivity contribution in [3.8, 4) is 5.75 Å². The lowest BCUT2D eigenvalue weighted by molar-refractivity contribution is -0.696. The summed E-state index contributed by atoms with van der Waals surface area (Å²) in [4.78, 5) is 10.9. The lowest BCUT2D eigenvalue weighted by atomic mass is 9.97. The third-order valence-electron chi connectivity index (χ3n) is 6.26. The van der Waals surface area contributed by atoms with Gasteiger partial charge in [-0.2, -0.15) is 0 Å². The molecule has 2 aromatic heterocycles. The van der Waals surface area contributed by atoms with Gasteiger partial charge in [0, 0.05) is 47.1 Å². The van der Waals surface area contributed by atoms with Gasteiger partial charge in [0.2, 0.25) is 5.91 Å². The molecule has 2 aromatic carbocycles. The minimum absolute atomic E-state index is 0.222. The fourth-order valence-electron chi connectivity index (χ4n) is 4.78. The van der Waals surface area contributed by atoms with Crippen LogP contribution in [0, 0.1) is 13.8 Å². The van der Waals surface area contributed by atoms with Gasteiger partial charge in [-0.25, -0.2) is 4.57 Å². The topological polar surface area (TPSA) is 72.1 Å². The van der Waals surface area contributed by atoms with Crippen molar-refractivity contribution >= 4 is 38.5 Å². The van der Waals surface area contributed by atoms with Crippen molar-refractivity contribution in [2.24, 2.45) is 5.73 Å². The van der Waals surface area contributed by atoms with Crippen LogP contribution in [0.5, 0.6) is 5.75 Å². The van der Waals surface area contributed by atoms with Crippen molar-refractivity contribution < 1.29 is 14.5 Å². The van der Waals surface area contributed by atoms with Gasteiger partial charge >= 0.3 is 0 Å². The highest BCUT2D eigenvalue weighted by Gasteiger charge is 2.19. The first-order valence-corrected chi connectivity index (χ1v) is 10.8. The zero-order chi connectivity index (χ0) is 21.4. The Labute approximate surface area is 176 Å². The first-order chi connectivity index (χ1) is 14.4. The molecule has 0 fully saturated rings. The molecular weight excluding hydrogens is 374 g/mol. The molecule has 5 nitrogen and oxygen atoms in total. The molecule has 3 N–H and O–H groups in total. The first kappa shape index (κ1) is 20.2. The largest absolute Gasteiger partial charge is 0.508 e. The SMILES string of the molecule is CCn1c2ccc(O)cc2c2c(C)c3c[n+](CCCCCC(N)=O)ccc3c(C)c21. The van der Waals surface area contributed by atoms with Crippen molar-refractivity contribution in [2.75, 3.05) is 0 Å². The van der Waals surface area contributed by atoms with Crippen LogP contribution in [-0.2, 0) is 17.9 Å². The van der Waals surface area contributed by atoms with Crippen LogP contribution in [-0.4, -0.2) is 15.6 Å². The maximum Gasteiger partial charge on any atom is 0.217 e. The van der Waals surface area contributed by atoms with Crippen molar-refractivity contribution in [2.45, 2.75) is 59.5 Å². The van der Waals surface area contributed by atoms with E-state index in [0.29, 0.717) is 12.2 Å². The van der Waals surface area contributed by atoms with E-state index in [-0.39, 0.29) is 5.91 Å². The highest BCUT2D eigenvalue weighted by molar-refractivity contribution is 6.17. The van der Waals surface area contributed by atoms with Gasteiger partial charge in [0.25, 0.3) is 0 Å². The fraction of sp³-hybridized carbons (Fsp3) is 0.360. The standard InChI is InChI=1S/C25H29N3O2/c1-4-28-22-10-9-18(29)14-20(22)24-16(2)21-15-27(12-7-5-6-8-23(26)30)13-11-19(21)17(3)25(24)28/h9-11,13-15H,4-8,12H2,1-3H3,(H2-,26,29,30)/p+1. The molecule has 0 saturated carbocycles. The van der Waals surface area contributed by atoms with Crippen LogP contribution in [0.3, 0.4) is 0 Å². The number of benzene rings is 2. The Morgan fingerprint density at radius 3 is 2.60 bits per heavy atom. The number of carbonyl (C=O) groups excluding carboxylic acids is 1. The number of phenols is 1. The molecule has 0 aliphatic heterocycles. The van der Waals surface area contributed by atoms with Crippen LogP contribution in [0.15, 0.2) is 36.7 Å². The quantitative estimate of drug-likeness (QED) is 0.348. The number of primary amides is 1. The minimum Gasteiger partial charge on any atom is -0.508 e. The molecule has 1 amide bonds. The minimum atomic E-state index is -0.222. The van der Waals surface area contributed by atoms with E-state index in [0.717, 1.165) is 43.3 Å². The van der Waals surface area contributed by atoms with Crippen molar-refractivity contribution in [3.05, 3.63) is 47.8 Å². The molecule has 4 rings (SSSR count). The lowest BCUT2D eigenvalue weighted by Gasteiger charge is -2.11. The number of nitrogens with two attached hydrogens (primary N) is 1. The molecule has 0 atom stereocenters. The molecule has 156 valence electrons. The Bertz CT molecular complexity index is 1270. The number of carbonyl (C=O) groups is 1. The molecule has 0 unspecified atom stereocenters. The summed E-state index contributed by atoms with van der Waals surface area (Å²) in [5.41, 5.74) is 10.2. The number of aryl methyl sites for hydroxylation is 4. The average Bonchev–Trinajstić information content (AvgIpc) is 3.05. The van der Waals surface area contributed by atoms with E-state index in [1.165, 1.54) is 32.8 Å². The summed E-state index contributed by atoms with van der Waals surface area (Å²) in [6, 6.07) is 7.89. The normalized spacial score (nSPS) is 11.7. The molecular formula is C25H30N3O2+. The molecule has 5 heteroatoms. The fourth-order valence-corrected chi connectivity index (χ4v) is 4.78. The number of hydrogen-bond donors (Lipinski definition) is 2. The van der Waals surface area contributed by atoms with Crippen molar-refractivity contribution in [3.63, 3.8) is 0 Å². The summed E-state index contributed by atoms with van der Waals surface area (Å²) in [5, 5.41) is 15.0. The number of phenolic OH excluding ortho intramolecular Hbond substituents is 1. The van der Waals surface area contributed by atoms with Gasteiger partial charge < -0.3 is 15.4 Å². The molecule has 4 aromatic rings. The summed E-state index contributed by atoms with van der Waals surface area (Å²) in [6.07, 6.45) is 7.72. The molecule has 0 aliphatic rings. The zero-order valence-corrected chi connectivity index (χ0v) is 18.0. The number of rotatable bonds is 7. The molecule has 0 aliphatic carbocycles. The van der Waals surface area contributed by atoms with Gasteiger partial charge in [0.15, 0.2) is 12.4 Å². The Kier molecular flexibility index (Phi) is 5.37. The Morgan fingerprint density at radius 2 is 1.87 bits per heavy atom. The summed E-state index contributed by atoms with van der Waals surface area (Å²) < 4.78 is 4.59. The van der Waals surface area contributed by atoms with Crippen molar-refractivity contribution in [1.29, 1.82) is 0 Å². The van der Waals surface area contributed by atoms with E-state index in [1.807, 2.05) is 12.1 Å². The van der Waals surface area contributed by atoms with Crippen LogP contribution >= 0.6 is 0 Å². The van der Waals surface area contributed by atoms with Crippen LogP contribution < -0.4 is 10.3 Å². The number of aromatic hydroxyl groups is 1. The van der Waals surface area contributed by atoms with Crippen LogP contribution in [0.4, 0.5) is 0 Å². The molecule has 2 heterocycles. The Balaban J connectivity index is 1.82. The maximum atomic E-state index is 10.9. The highest BCUT2D eigenvalue weighted by atomic mass is 16.3. The van der Waals surface area contributed by atoms with E-state index in [9.17, 15) is 9.90 Å². The first-order valence-electron chi connectivity index (χ1n) is 10.8. The number of unbranched alkanes of at least 4 members (excludes halogenated alkanes) is 2. The average molecular weight is 405 g/mol. The number of hydrogen-bond acceptors (Lipinski definition) is 2. The molecule has 0 radical (unpaired) electrons. The van der Waals surface area contributed by atoms with E-state index >= 15 is 0 Å². The second-order valence-corrected chi connectivity index (χ2v) is 8.21. The van der Waals surface area contributed by atoms with Crippen molar-refractivity contribution in [1.82, 2.24) is 4.57 Å². The van der Waals surface area contributed by atoms with Gasteiger partial charge in [-0.05, 0) is 68.3 Å². The van der Waals surface area contributed by atoms with E-state index < -0.39 is 0 Å². The number of amides is 1. The lowest BCUT2D eigenvalue weighted by Crippen LogP contribution is -2.32. The van der Waals surface area contributed by atoms with Gasteiger partial charge in [-0.1, -0.05) is 0 Å². The van der Waals surface area contributed by atoms with Crippen LogP contribution in [0.2, 0.25) is 0 Å². The smallest absolute Gasteiger partial charge is 0.217 e. The Hall–Kier alpha value is -3.08. The predicted molar refractivity (Wildman–Crippen MR) is 122 cm³/mol. The van der Waals surface area contributed by atoms with E-state index in [2.05, 4.69) is 48.4 Å². The van der Waals surface area contributed by atoms with E-state index in [4.69, 9.17) is 5.73 Å². The van der Waals surface area contributed by atoms with Gasteiger partial charge in [0.05, 0.1) is 5.52 Å². The number of aromatic nitrogens is 2. The van der Waals surface area contributed by atoms with Crippen LogP contribution in [0.25, 0.3) is 32.6 Å². The van der Waals surface area contributed by atoms with E-state index in [1.54, 1.807) is 6.07 Å². The Morgan fingerprint density at radius 1 is 1.07 bits per heavy atom. The third-order valence-corrected chi connectivity index (χ3v) is 6.26. The molecule has 0 spiro atoms. The highest BCUT2D eigenvalue weighted by Crippen LogP contribution is 2.39. The van der Waals surface area contributed by atoms with Gasteiger partial charge in [0.1, 0.15) is 12.3 Å². The summed E-state index contributed by atoms with van der Waals surface area (Å²) in [5.74, 6) is 0.0784. The molecule has 30 heavy (non-hydrogen) atoms. The number of pyridine rings is 1. The summed E-state index contributed by atoms with van der Waals surface area (Å²) >= 11 is 0. The molecule has 0 saturated heterocycles. The van der Waals surface area contributed by atoms with Gasteiger partial charge in [-0.3, -0.25) is 4.79 Å². The number of fused-ring (bicyclic) bond motifs is 4.